The van der Waals surface area contributed by atoms with Crippen LogP contribution >= 0.6 is 0 Å². The van der Waals surface area contributed by atoms with Crippen LogP contribution in [0.3, 0.4) is 0 Å². The van der Waals surface area contributed by atoms with E-state index in [9.17, 15) is 0 Å². The molecule has 22 heavy (non-hydrogen) atoms. The van der Waals surface area contributed by atoms with Crippen LogP contribution in [0, 0.1) is 5.41 Å². The number of aryl methyl sites for hydroxylation is 1. The Balaban J connectivity index is 1.52. The Kier molecular flexibility index (Phi) is 3.97. The van der Waals surface area contributed by atoms with Crippen LogP contribution in [0.25, 0.3) is 0 Å². The number of hydrogen-bond acceptors (Lipinski definition) is 3. The predicted molar refractivity (Wildman–Crippen MR) is 87.8 cm³/mol. The lowest BCUT2D eigenvalue weighted by Gasteiger charge is -2.42. The van der Waals surface area contributed by atoms with Crippen molar-refractivity contribution in [1.82, 2.24) is 20.1 Å². The molecule has 1 saturated heterocycles. The molecular weight excluding hydrogens is 272 g/mol. The summed E-state index contributed by atoms with van der Waals surface area (Å²) in [6.45, 7) is 4.71. The van der Waals surface area contributed by atoms with E-state index >= 15 is 0 Å². The van der Waals surface area contributed by atoms with Crippen molar-refractivity contribution in [2.75, 3.05) is 13.1 Å². The van der Waals surface area contributed by atoms with E-state index in [0.717, 1.165) is 30.5 Å². The first-order valence-corrected chi connectivity index (χ1v) is 9.46. The SMILES string of the molecule is CCCc1nc(C2CN(C3CCCCC3)CC23CCC3)n[nH]1. The van der Waals surface area contributed by atoms with Crippen LogP contribution in [-0.4, -0.2) is 39.2 Å². The topological polar surface area (TPSA) is 44.8 Å². The number of rotatable bonds is 4. The maximum atomic E-state index is 4.85. The van der Waals surface area contributed by atoms with Crippen LogP contribution in [-0.2, 0) is 6.42 Å². The van der Waals surface area contributed by atoms with E-state index in [1.807, 2.05) is 0 Å². The summed E-state index contributed by atoms with van der Waals surface area (Å²) < 4.78 is 0. The summed E-state index contributed by atoms with van der Waals surface area (Å²) in [4.78, 5) is 7.65. The number of H-pyrrole nitrogens is 1. The van der Waals surface area contributed by atoms with Gasteiger partial charge < -0.3 is 0 Å². The van der Waals surface area contributed by atoms with Gasteiger partial charge in [-0.2, -0.15) is 5.10 Å². The van der Waals surface area contributed by atoms with E-state index in [2.05, 4.69) is 22.0 Å². The summed E-state index contributed by atoms with van der Waals surface area (Å²) in [6, 6.07) is 0.838. The highest BCUT2D eigenvalue weighted by Crippen LogP contribution is 2.55. The van der Waals surface area contributed by atoms with E-state index in [-0.39, 0.29) is 0 Å². The second-order valence-electron chi connectivity index (χ2n) is 7.88. The molecule has 2 aliphatic carbocycles. The van der Waals surface area contributed by atoms with Gasteiger partial charge in [0.2, 0.25) is 0 Å². The summed E-state index contributed by atoms with van der Waals surface area (Å²) in [5, 5.41) is 7.80. The Morgan fingerprint density at radius 3 is 2.68 bits per heavy atom. The minimum absolute atomic E-state index is 0.503. The Hall–Kier alpha value is -0.900. The number of aromatic amines is 1. The van der Waals surface area contributed by atoms with Crippen LogP contribution in [0.2, 0.25) is 0 Å². The molecule has 2 saturated carbocycles. The lowest BCUT2D eigenvalue weighted by atomic mass is 9.62. The zero-order valence-electron chi connectivity index (χ0n) is 14.0. The van der Waals surface area contributed by atoms with Gasteiger partial charge in [-0.1, -0.05) is 32.6 Å². The van der Waals surface area contributed by atoms with Gasteiger partial charge in [-0.05, 0) is 37.5 Å². The summed E-state index contributed by atoms with van der Waals surface area (Å²) in [5.41, 5.74) is 0.503. The molecule has 1 aromatic heterocycles. The van der Waals surface area contributed by atoms with Crippen molar-refractivity contribution in [3.05, 3.63) is 11.6 Å². The number of hydrogen-bond donors (Lipinski definition) is 1. The minimum Gasteiger partial charge on any atom is -0.299 e. The predicted octanol–water partition coefficient (Wildman–Crippen LogP) is 3.66. The Morgan fingerprint density at radius 2 is 2.00 bits per heavy atom. The van der Waals surface area contributed by atoms with Crippen molar-refractivity contribution in [2.45, 2.75) is 83.1 Å². The average molecular weight is 302 g/mol. The van der Waals surface area contributed by atoms with Crippen LogP contribution in [0.15, 0.2) is 0 Å². The van der Waals surface area contributed by atoms with Crippen LogP contribution in [0.1, 0.15) is 82.3 Å². The fraction of sp³-hybridized carbons (Fsp3) is 0.889. The number of nitrogens with zero attached hydrogens (tertiary/aromatic N) is 3. The first kappa shape index (κ1) is 14.7. The highest BCUT2D eigenvalue weighted by Gasteiger charge is 2.53. The Labute approximate surface area is 134 Å². The smallest absolute Gasteiger partial charge is 0.155 e. The molecule has 1 atom stereocenters. The third-order valence-corrected chi connectivity index (χ3v) is 6.46. The lowest BCUT2D eigenvalue weighted by molar-refractivity contribution is 0.101. The van der Waals surface area contributed by atoms with Gasteiger partial charge in [0.05, 0.1) is 0 Å². The third-order valence-electron chi connectivity index (χ3n) is 6.46. The fourth-order valence-electron chi connectivity index (χ4n) is 5.04. The van der Waals surface area contributed by atoms with Crippen LogP contribution in [0.5, 0.6) is 0 Å². The summed E-state index contributed by atoms with van der Waals surface area (Å²) >= 11 is 0. The summed E-state index contributed by atoms with van der Waals surface area (Å²) in [5.74, 6) is 2.77. The molecule has 3 fully saturated rings. The molecule has 3 aliphatic rings. The Morgan fingerprint density at radius 1 is 1.18 bits per heavy atom. The van der Waals surface area contributed by atoms with Gasteiger partial charge in [-0.25, -0.2) is 4.98 Å². The highest BCUT2D eigenvalue weighted by molar-refractivity contribution is 5.15. The number of nitrogens with one attached hydrogen (secondary N) is 1. The molecular formula is C18H30N4. The zero-order valence-corrected chi connectivity index (χ0v) is 14.0. The molecule has 4 heteroatoms. The Bertz CT molecular complexity index is 499. The van der Waals surface area contributed by atoms with Gasteiger partial charge in [0.1, 0.15) is 5.82 Å². The van der Waals surface area contributed by atoms with Crippen LogP contribution in [0.4, 0.5) is 0 Å². The molecule has 1 unspecified atom stereocenters. The van der Waals surface area contributed by atoms with E-state index in [1.54, 1.807) is 0 Å². The second-order valence-corrected chi connectivity index (χ2v) is 7.88. The van der Waals surface area contributed by atoms with E-state index in [0.29, 0.717) is 11.3 Å². The molecule has 0 amide bonds. The second kappa shape index (κ2) is 5.95. The van der Waals surface area contributed by atoms with Gasteiger partial charge in [0.25, 0.3) is 0 Å². The molecule has 0 bridgehead atoms. The van der Waals surface area contributed by atoms with Gasteiger partial charge in [0.15, 0.2) is 5.82 Å². The molecule has 1 aromatic rings. The zero-order chi connectivity index (χ0) is 15.0. The van der Waals surface area contributed by atoms with E-state index in [1.165, 1.54) is 64.5 Å². The maximum Gasteiger partial charge on any atom is 0.155 e. The molecule has 1 N–H and O–H groups in total. The lowest BCUT2D eigenvalue weighted by Crippen LogP contribution is -2.39. The van der Waals surface area contributed by atoms with Crippen molar-refractivity contribution in [3.8, 4) is 0 Å². The van der Waals surface area contributed by atoms with Crippen LogP contribution < -0.4 is 0 Å². The molecule has 4 rings (SSSR count). The van der Waals surface area contributed by atoms with E-state index in [4.69, 9.17) is 4.98 Å². The molecule has 2 heterocycles. The van der Waals surface area contributed by atoms with E-state index < -0.39 is 0 Å². The van der Waals surface area contributed by atoms with Gasteiger partial charge in [0, 0.05) is 31.5 Å². The van der Waals surface area contributed by atoms with Crippen molar-refractivity contribution < 1.29 is 0 Å². The largest absolute Gasteiger partial charge is 0.299 e. The summed E-state index contributed by atoms with van der Waals surface area (Å²) in [7, 11) is 0. The average Bonchev–Trinajstić information content (AvgIpc) is 3.12. The van der Waals surface area contributed by atoms with Gasteiger partial charge in [-0.15, -0.1) is 0 Å². The normalized spacial score (nSPS) is 29.0. The first-order chi connectivity index (χ1) is 10.8. The maximum absolute atomic E-state index is 4.85. The molecule has 4 nitrogen and oxygen atoms in total. The molecule has 1 spiro atoms. The highest BCUT2D eigenvalue weighted by atomic mass is 15.3. The number of aromatic nitrogens is 3. The minimum atomic E-state index is 0.503. The monoisotopic (exact) mass is 302 g/mol. The van der Waals surface area contributed by atoms with Gasteiger partial charge in [-0.3, -0.25) is 10.00 Å². The molecule has 0 radical (unpaired) electrons. The standard InChI is InChI=1S/C18H30N4/c1-2-7-16-19-17(21-20-16)15-12-22(13-18(15)10-6-11-18)14-8-4-3-5-9-14/h14-15H,2-13H2,1H3,(H,19,20,21). The van der Waals surface area contributed by atoms with Crippen molar-refractivity contribution in [1.29, 1.82) is 0 Å². The fourth-order valence-corrected chi connectivity index (χ4v) is 5.04. The molecule has 122 valence electrons. The number of likely N-dealkylation sites (tertiary alicyclic amines) is 1. The quantitative estimate of drug-likeness (QED) is 0.923. The van der Waals surface area contributed by atoms with Crippen molar-refractivity contribution in [3.63, 3.8) is 0 Å². The third kappa shape index (κ3) is 2.49. The first-order valence-electron chi connectivity index (χ1n) is 9.46. The van der Waals surface area contributed by atoms with Gasteiger partial charge >= 0.3 is 0 Å². The van der Waals surface area contributed by atoms with Crippen molar-refractivity contribution >= 4 is 0 Å². The molecule has 0 aromatic carbocycles. The molecule has 1 aliphatic heterocycles. The summed E-state index contributed by atoms with van der Waals surface area (Å²) in [6.07, 6.45) is 13.5. The van der Waals surface area contributed by atoms with Crippen molar-refractivity contribution in [2.24, 2.45) is 5.41 Å².